The van der Waals surface area contributed by atoms with Crippen molar-refractivity contribution in [3.8, 4) is 11.5 Å². The van der Waals surface area contributed by atoms with Gasteiger partial charge in [-0.05, 0) is 48.5 Å². The fraction of sp³-hybridized carbons (Fsp3) is 0.333. The van der Waals surface area contributed by atoms with Crippen molar-refractivity contribution in [1.82, 2.24) is 14.8 Å². The molecule has 4 heterocycles. The summed E-state index contributed by atoms with van der Waals surface area (Å²) in [7, 11) is 0. The number of carbonyl (C=O) groups is 2. The predicted molar refractivity (Wildman–Crippen MR) is 157 cm³/mol. The molecule has 0 atom stereocenters. The van der Waals surface area contributed by atoms with Crippen LogP contribution in [0.5, 0.6) is 11.5 Å². The number of carbonyl (C=O) groups excluding carboxylic acids is 2. The molecule has 1 spiro atoms. The number of nitrogens with zero attached hydrogens (tertiary/aromatic N) is 5. The van der Waals surface area contributed by atoms with E-state index in [4.69, 9.17) is 21.2 Å². The summed E-state index contributed by atoms with van der Waals surface area (Å²) in [6.45, 7) is 3.45. The van der Waals surface area contributed by atoms with E-state index in [1.54, 1.807) is 17.2 Å². The highest BCUT2D eigenvalue weighted by molar-refractivity contribution is 6.39. The molecule has 3 aliphatic rings. The molecule has 1 N–H and O–H groups in total. The first-order chi connectivity index (χ1) is 20.0. The van der Waals surface area contributed by atoms with Gasteiger partial charge in [0, 0.05) is 70.4 Å². The lowest BCUT2D eigenvalue weighted by molar-refractivity contribution is -0.124. The van der Waals surface area contributed by atoms with Gasteiger partial charge in [0.1, 0.15) is 28.6 Å². The number of aromatic nitrogens is 1. The van der Waals surface area contributed by atoms with Crippen molar-refractivity contribution >= 4 is 40.8 Å². The number of hydrogen-bond acceptors (Lipinski definition) is 7. The molecule has 11 heteroatoms. The Morgan fingerprint density at radius 1 is 0.854 bits per heavy atom. The van der Waals surface area contributed by atoms with Crippen LogP contribution in [-0.2, 0) is 9.63 Å². The van der Waals surface area contributed by atoms with Gasteiger partial charge >= 0.3 is 6.03 Å². The zero-order chi connectivity index (χ0) is 28.2. The Morgan fingerprint density at radius 3 is 2.27 bits per heavy atom. The Kier molecular flexibility index (Phi) is 7.65. The number of amides is 3. The Morgan fingerprint density at radius 2 is 1.56 bits per heavy atom. The van der Waals surface area contributed by atoms with Crippen LogP contribution in [0.2, 0.25) is 5.02 Å². The number of benzene rings is 2. The van der Waals surface area contributed by atoms with Crippen LogP contribution in [0.4, 0.5) is 16.3 Å². The maximum atomic E-state index is 13.2. The SMILES string of the molecule is O=C(Nc1ccc(Oc2ccccc2)cc1)N1CCC2(CC1)CC(C(=O)N1CCN(c3ncccc3Cl)CC1)=NO2. The van der Waals surface area contributed by atoms with Crippen LogP contribution < -0.4 is 15.0 Å². The summed E-state index contributed by atoms with van der Waals surface area (Å²) in [5, 5.41) is 7.76. The molecule has 3 aliphatic heterocycles. The number of hydrogen-bond donors (Lipinski definition) is 1. The van der Waals surface area contributed by atoms with Crippen LogP contribution in [0.25, 0.3) is 0 Å². The largest absolute Gasteiger partial charge is 0.457 e. The molecule has 2 fully saturated rings. The van der Waals surface area contributed by atoms with Gasteiger partial charge in [0.25, 0.3) is 5.91 Å². The number of rotatable bonds is 5. The van der Waals surface area contributed by atoms with Crippen LogP contribution in [-0.4, -0.2) is 77.3 Å². The average Bonchev–Trinajstić information content (AvgIpc) is 3.42. The monoisotopic (exact) mass is 574 g/mol. The first-order valence-electron chi connectivity index (χ1n) is 13.8. The lowest BCUT2D eigenvalue weighted by Gasteiger charge is -2.37. The zero-order valence-electron chi connectivity index (χ0n) is 22.5. The minimum absolute atomic E-state index is 0.0893. The molecule has 10 nitrogen and oxygen atoms in total. The van der Waals surface area contributed by atoms with Crippen molar-refractivity contribution in [2.45, 2.75) is 24.9 Å². The summed E-state index contributed by atoms with van der Waals surface area (Å²) in [6, 6.07) is 20.3. The van der Waals surface area contributed by atoms with Crippen LogP contribution in [0.3, 0.4) is 0 Å². The Labute approximate surface area is 243 Å². The summed E-state index contributed by atoms with van der Waals surface area (Å²) >= 11 is 6.29. The minimum Gasteiger partial charge on any atom is -0.457 e. The van der Waals surface area contributed by atoms with Crippen molar-refractivity contribution in [2.24, 2.45) is 5.16 Å². The number of ether oxygens (including phenoxy) is 1. The molecule has 41 heavy (non-hydrogen) atoms. The predicted octanol–water partition coefficient (Wildman–Crippen LogP) is 5.02. The summed E-state index contributed by atoms with van der Waals surface area (Å²) < 4.78 is 5.82. The van der Waals surface area contributed by atoms with E-state index in [9.17, 15) is 9.59 Å². The lowest BCUT2D eigenvalue weighted by Crippen LogP contribution is -2.52. The fourth-order valence-corrected chi connectivity index (χ4v) is 5.61. The fourth-order valence-electron chi connectivity index (χ4n) is 5.37. The van der Waals surface area contributed by atoms with Crippen LogP contribution >= 0.6 is 11.6 Å². The number of anilines is 2. The molecule has 2 saturated heterocycles. The summed E-state index contributed by atoms with van der Waals surface area (Å²) in [4.78, 5) is 42.0. The van der Waals surface area contributed by atoms with E-state index >= 15 is 0 Å². The molecule has 212 valence electrons. The first-order valence-corrected chi connectivity index (χ1v) is 14.1. The molecule has 0 saturated carbocycles. The van der Waals surface area contributed by atoms with Gasteiger partial charge in [0.05, 0.1) is 5.02 Å². The third-order valence-corrected chi connectivity index (χ3v) is 8.03. The van der Waals surface area contributed by atoms with Crippen molar-refractivity contribution in [3.63, 3.8) is 0 Å². The number of piperazine rings is 1. The lowest BCUT2D eigenvalue weighted by atomic mass is 9.86. The second-order valence-corrected chi connectivity index (χ2v) is 10.8. The number of para-hydroxylation sites is 1. The molecule has 0 radical (unpaired) electrons. The van der Waals surface area contributed by atoms with Crippen LogP contribution in [0.1, 0.15) is 19.3 Å². The van der Waals surface area contributed by atoms with Gasteiger partial charge in [-0.15, -0.1) is 0 Å². The normalized spacial score (nSPS) is 18.1. The standard InChI is InChI=1S/C30H31ClN6O4/c31-25-7-4-14-32-27(25)35-17-19-36(20-18-35)28(38)26-21-30(41-34-26)12-15-37(16-13-30)29(39)33-22-8-10-24(11-9-22)40-23-5-2-1-3-6-23/h1-11,14H,12-13,15-21H2,(H,33,39). The number of nitrogens with one attached hydrogen (secondary N) is 1. The van der Waals surface area contributed by atoms with E-state index in [1.165, 1.54) is 0 Å². The summed E-state index contributed by atoms with van der Waals surface area (Å²) in [5.41, 5.74) is 0.598. The molecular weight excluding hydrogens is 544 g/mol. The highest BCUT2D eigenvalue weighted by atomic mass is 35.5. The number of piperidine rings is 1. The molecule has 1 aromatic heterocycles. The number of pyridine rings is 1. The smallest absolute Gasteiger partial charge is 0.321 e. The van der Waals surface area contributed by atoms with E-state index in [0.29, 0.717) is 80.7 Å². The second-order valence-electron chi connectivity index (χ2n) is 10.4. The van der Waals surface area contributed by atoms with E-state index in [0.717, 1.165) is 11.6 Å². The number of halogens is 1. The Hall–Kier alpha value is -4.31. The van der Waals surface area contributed by atoms with Crippen molar-refractivity contribution in [2.75, 3.05) is 49.5 Å². The molecule has 3 aromatic rings. The average molecular weight is 575 g/mol. The van der Waals surface area contributed by atoms with Crippen molar-refractivity contribution < 1.29 is 19.2 Å². The Bertz CT molecular complexity index is 1420. The topological polar surface area (TPSA) is 99.6 Å². The number of oxime groups is 1. The van der Waals surface area contributed by atoms with Gasteiger partial charge in [-0.25, -0.2) is 9.78 Å². The first kappa shape index (κ1) is 26.9. The molecule has 2 aromatic carbocycles. The molecule has 6 rings (SSSR count). The highest BCUT2D eigenvalue weighted by Gasteiger charge is 2.45. The van der Waals surface area contributed by atoms with Crippen LogP contribution in [0.15, 0.2) is 78.1 Å². The highest BCUT2D eigenvalue weighted by Crippen LogP contribution is 2.35. The zero-order valence-corrected chi connectivity index (χ0v) is 23.3. The van der Waals surface area contributed by atoms with Gasteiger partial charge in [-0.1, -0.05) is 35.0 Å². The van der Waals surface area contributed by atoms with Gasteiger partial charge in [-0.2, -0.15) is 0 Å². The van der Waals surface area contributed by atoms with E-state index in [-0.39, 0.29) is 11.9 Å². The van der Waals surface area contributed by atoms with Gasteiger partial charge < -0.3 is 29.6 Å². The van der Waals surface area contributed by atoms with E-state index < -0.39 is 5.60 Å². The van der Waals surface area contributed by atoms with Gasteiger partial charge in [0.2, 0.25) is 0 Å². The van der Waals surface area contributed by atoms with Crippen molar-refractivity contribution in [1.29, 1.82) is 0 Å². The van der Waals surface area contributed by atoms with E-state index in [1.807, 2.05) is 65.6 Å². The van der Waals surface area contributed by atoms with Gasteiger partial charge in [-0.3, -0.25) is 4.79 Å². The minimum atomic E-state index is -0.540. The second kappa shape index (κ2) is 11.7. The Balaban J connectivity index is 0.959. The maximum absolute atomic E-state index is 13.2. The third kappa shape index (κ3) is 6.07. The number of urea groups is 1. The van der Waals surface area contributed by atoms with Crippen molar-refractivity contribution in [3.05, 3.63) is 77.9 Å². The summed E-state index contributed by atoms with van der Waals surface area (Å²) in [6.07, 6.45) is 3.39. The molecular formula is C30H31ClN6O4. The third-order valence-electron chi connectivity index (χ3n) is 7.74. The van der Waals surface area contributed by atoms with Crippen LogP contribution in [0, 0.1) is 0 Å². The summed E-state index contributed by atoms with van der Waals surface area (Å²) in [5.74, 6) is 2.10. The molecule has 0 unspecified atom stereocenters. The van der Waals surface area contributed by atoms with E-state index in [2.05, 4.69) is 20.4 Å². The quantitative estimate of drug-likeness (QED) is 0.459. The number of likely N-dealkylation sites (tertiary alicyclic amines) is 1. The molecule has 0 bridgehead atoms. The maximum Gasteiger partial charge on any atom is 0.321 e. The molecule has 0 aliphatic carbocycles. The van der Waals surface area contributed by atoms with Gasteiger partial charge in [0.15, 0.2) is 0 Å². The molecule has 3 amide bonds.